The maximum atomic E-state index is 12.8. The van der Waals surface area contributed by atoms with Gasteiger partial charge in [0.15, 0.2) is 5.72 Å². The Balaban J connectivity index is 1.91. The van der Waals surface area contributed by atoms with E-state index in [9.17, 15) is 8.42 Å². The summed E-state index contributed by atoms with van der Waals surface area (Å²) in [5.41, 5.74) is 0.758. The zero-order chi connectivity index (χ0) is 21.1. The van der Waals surface area contributed by atoms with Crippen molar-refractivity contribution in [3.63, 3.8) is 0 Å². The number of nitrogens with one attached hydrogen (secondary N) is 1. The highest BCUT2D eigenvalue weighted by atomic mass is 79.9. The van der Waals surface area contributed by atoms with E-state index in [0.29, 0.717) is 17.2 Å². The fourth-order valence-corrected chi connectivity index (χ4v) is 4.88. The number of benzene rings is 3. The molecule has 3 rings (SSSR count). The summed E-state index contributed by atoms with van der Waals surface area (Å²) in [6.45, 7) is 3.58. The van der Waals surface area contributed by atoms with Crippen LogP contribution in [0.25, 0.3) is 11.1 Å². The maximum absolute atomic E-state index is 12.8. The first kappa shape index (κ1) is 21.8. The molecule has 0 radical (unpaired) electrons. The first-order valence-corrected chi connectivity index (χ1v) is 11.7. The van der Waals surface area contributed by atoms with E-state index in [-0.39, 0.29) is 4.90 Å². The SMILES string of the molecule is CCC(C)(NS(=O)(=O)c1ccccc1)Oc1cccc(-c2ccc(Cl)cc2)c1Br. The van der Waals surface area contributed by atoms with Gasteiger partial charge in [0.25, 0.3) is 0 Å². The van der Waals surface area contributed by atoms with E-state index in [2.05, 4.69) is 20.7 Å². The van der Waals surface area contributed by atoms with Gasteiger partial charge in [0, 0.05) is 5.02 Å². The van der Waals surface area contributed by atoms with E-state index in [1.165, 1.54) is 0 Å². The number of hydrogen-bond donors (Lipinski definition) is 1. The lowest BCUT2D eigenvalue weighted by Gasteiger charge is -2.31. The summed E-state index contributed by atoms with van der Waals surface area (Å²) in [6, 6.07) is 21.3. The van der Waals surface area contributed by atoms with Crippen LogP contribution in [0.1, 0.15) is 20.3 Å². The lowest BCUT2D eigenvalue weighted by Crippen LogP contribution is -2.50. The average molecular weight is 495 g/mol. The van der Waals surface area contributed by atoms with Gasteiger partial charge in [0.05, 0.1) is 9.37 Å². The molecule has 29 heavy (non-hydrogen) atoms. The summed E-state index contributed by atoms with van der Waals surface area (Å²) in [7, 11) is -3.74. The normalized spacial score (nSPS) is 13.7. The second kappa shape index (κ2) is 8.88. The van der Waals surface area contributed by atoms with Gasteiger partial charge in [0.1, 0.15) is 5.75 Å². The molecule has 1 atom stereocenters. The van der Waals surface area contributed by atoms with Crippen LogP contribution in [0, 0.1) is 0 Å². The van der Waals surface area contributed by atoms with Crippen molar-refractivity contribution in [2.45, 2.75) is 30.9 Å². The van der Waals surface area contributed by atoms with E-state index in [0.717, 1.165) is 15.6 Å². The molecular weight excluding hydrogens is 474 g/mol. The third-order valence-electron chi connectivity index (χ3n) is 4.53. The van der Waals surface area contributed by atoms with E-state index in [4.69, 9.17) is 16.3 Å². The van der Waals surface area contributed by atoms with Crippen molar-refractivity contribution in [3.8, 4) is 16.9 Å². The molecule has 0 bridgehead atoms. The standard InChI is InChI=1S/C22H21BrClNO3S/c1-3-22(2,25-29(26,27)18-8-5-4-6-9-18)28-20-11-7-10-19(21(20)23)16-12-14-17(24)15-13-16/h4-15,25H,3H2,1-2H3. The molecule has 0 aliphatic rings. The van der Waals surface area contributed by atoms with Gasteiger partial charge in [-0.3, -0.25) is 0 Å². The second-order valence-electron chi connectivity index (χ2n) is 6.73. The van der Waals surface area contributed by atoms with Crippen molar-refractivity contribution in [3.05, 3.63) is 82.3 Å². The Bertz CT molecular complexity index is 1090. The quantitative estimate of drug-likeness (QED) is 0.395. The Morgan fingerprint density at radius 3 is 2.28 bits per heavy atom. The predicted octanol–water partition coefficient (Wildman–Crippen LogP) is 6.25. The van der Waals surface area contributed by atoms with Crippen LogP contribution in [0.3, 0.4) is 0 Å². The Labute approximate surface area is 185 Å². The molecule has 0 spiro atoms. The number of sulfonamides is 1. The number of hydrogen-bond acceptors (Lipinski definition) is 3. The van der Waals surface area contributed by atoms with Gasteiger partial charge in [-0.25, -0.2) is 8.42 Å². The van der Waals surface area contributed by atoms with Crippen molar-refractivity contribution in [2.24, 2.45) is 0 Å². The van der Waals surface area contributed by atoms with Gasteiger partial charge in [0.2, 0.25) is 10.0 Å². The Kier molecular flexibility index (Phi) is 6.69. The van der Waals surface area contributed by atoms with Gasteiger partial charge >= 0.3 is 0 Å². The summed E-state index contributed by atoms with van der Waals surface area (Å²) >= 11 is 9.59. The molecule has 7 heteroatoms. The van der Waals surface area contributed by atoms with Crippen molar-refractivity contribution >= 4 is 37.6 Å². The van der Waals surface area contributed by atoms with Crippen LogP contribution in [0.4, 0.5) is 0 Å². The highest BCUT2D eigenvalue weighted by molar-refractivity contribution is 9.10. The van der Waals surface area contributed by atoms with Crippen molar-refractivity contribution in [1.29, 1.82) is 0 Å². The zero-order valence-corrected chi connectivity index (χ0v) is 19.2. The summed E-state index contributed by atoms with van der Waals surface area (Å²) in [5.74, 6) is 0.539. The Morgan fingerprint density at radius 2 is 1.66 bits per heavy atom. The minimum absolute atomic E-state index is 0.192. The van der Waals surface area contributed by atoms with Crippen LogP contribution in [0.5, 0.6) is 5.75 Å². The van der Waals surface area contributed by atoms with Crippen molar-refractivity contribution in [2.75, 3.05) is 0 Å². The predicted molar refractivity (Wildman–Crippen MR) is 121 cm³/mol. The Hall–Kier alpha value is -1.86. The molecule has 1 N–H and O–H groups in total. The molecule has 3 aromatic rings. The largest absolute Gasteiger partial charge is 0.471 e. The number of ether oxygens (including phenoxy) is 1. The number of rotatable bonds is 7. The maximum Gasteiger partial charge on any atom is 0.243 e. The van der Waals surface area contributed by atoms with Crippen LogP contribution in [-0.2, 0) is 10.0 Å². The molecule has 0 saturated carbocycles. The highest BCUT2D eigenvalue weighted by Gasteiger charge is 2.32. The van der Waals surface area contributed by atoms with Gasteiger partial charge in [-0.2, -0.15) is 4.72 Å². The molecular formula is C22H21BrClNO3S. The van der Waals surface area contributed by atoms with Gasteiger partial charge in [-0.15, -0.1) is 0 Å². The third kappa shape index (κ3) is 5.20. The van der Waals surface area contributed by atoms with Gasteiger partial charge in [-0.1, -0.05) is 61.0 Å². The van der Waals surface area contributed by atoms with Crippen LogP contribution in [-0.4, -0.2) is 14.1 Å². The lowest BCUT2D eigenvalue weighted by molar-refractivity contribution is 0.0719. The Morgan fingerprint density at radius 1 is 1.00 bits per heavy atom. The summed E-state index contributed by atoms with van der Waals surface area (Å²) in [4.78, 5) is 0.192. The van der Waals surface area contributed by atoms with Crippen LogP contribution < -0.4 is 9.46 Å². The number of halogens is 2. The van der Waals surface area contributed by atoms with Gasteiger partial charge in [-0.05, 0) is 70.7 Å². The minimum atomic E-state index is -3.74. The molecule has 152 valence electrons. The summed E-state index contributed by atoms with van der Waals surface area (Å²) in [6.07, 6.45) is 0.427. The fourth-order valence-electron chi connectivity index (χ4n) is 2.79. The van der Waals surface area contributed by atoms with E-state index in [1.807, 2.05) is 43.3 Å². The summed E-state index contributed by atoms with van der Waals surface area (Å²) in [5, 5.41) is 0.658. The molecule has 0 fully saturated rings. The highest BCUT2D eigenvalue weighted by Crippen LogP contribution is 2.37. The van der Waals surface area contributed by atoms with Gasteiger partial charge < -0.3 is 4.74 Å². The van der Waals surface area contributed by atoms with Crippen LogP contribution in [0.15, 0.2) is 82.2 Å². The fraction of sp³-hybridized carbons (Fsp3) is 0.182. The molecule has 4 nitrogen and oxygen atoms in total. The molecule has 0 aromatic heterocycles. The molecule has 3 aromatic carbocycles. The summed E-state index contributed by atoms with van der Waals surface area (Å²) < 4.78 is 35.2. The van der Waals surface area contributed by atoms with E-state index >= 15 is 0 Å². The monoisotopic (exact) mass is 493 g/mol. The molecule has 0 saturated heterocycles. The average Bonchev–Trinajstić information content (AvgIpc) is 2.71. The third-order valence-corrected chi connectivity index (χ3v) is 7.20. The zero-order valence-electron chi connectivity index (χ0n) is 16.0. The van der Waals surface area contributed by atoms with Crippen LogP contribution in [0.2, 0.25) is 5.02 Å². The smallest absolute Gasteiger partial charge is 0.243 e. The second-order valence-corrected chi connectivity index (χ2v) is 9.64. The molecule has 0 amide bonds. The lowest BCUT2D eigenvalue weighted by atomic mass is 10.1. The van der Waals surface area contributed by atoms with Crippen molar-refractivity contribution < 1.29 is 13.2 Å². The first-order chi connectivity index (χ1) is 13.7. The van der Waals surface area contributed by atoms with Crippen LogP contribution >= 0.6 is 27.5 Å². The minimum Gasteiger partial charge on any atom is -0.471 e. The molecule has 0 aliphatic carbocycles. The molecule has 0 aliphatic heterocycles. The van der Waals surface area contributed by atoms with E-state index < -0.39 is 15.7 Å². The molecule has 0 heterocycles. The van der Waals surface area contributed by atoms with E-state index in [1.54, 1.807) is 43.3 Å². The van der Waals surface area contributed by atoms with Crippen molar-refractivity contribution in [1.82, 2.24) is 4.72 Å². The molecule has 1 unspecified atom stereocenters. The first-order valence-electron chi connectivity index (χ1n) is 9.06. The topological polar surface area (TPSA) is 55.4 Å².